The van der Waals surface area contributed by atoms with Crippen LogP contribution in [0.1, 0.15) is 49.3 Å². The highest BCUT2D eigenvalue weighted by molar-refractivity contribution is 8.01. The van der Waals surface area contributed by atoms with E-state index in [4.69, 9.17) is 4.74 Å². The summed E-state index contributed by atoms with van der Waals surface area (Å²) in [6.07, 6.45) is -0.0582. The molecule has 2 N–H and O–H groups in total. The maximum Gasteiger partial charge on any atom is 0.408 e. The average molecular weight is 539 g/mol. The number of hydrogen-bond acceptors (Lipinski definition) is 8. The second-order valence-corrected chi connectivity index (χ2v) is 11.8. The Balaban J connectivity index is 1.50. The monoisotopic (exact) mass is 538 g/mol. The van der Waals surface area contributed by atoms with Crippen LogP contribution in [0.5, 0.6) is 0 Å². The zero-order valence-corrected chi connectivity index (χ0v) is 23.1. The summed E-state index contributed by atoms with van der Waals surface area (Å²) in [6, 6.07) is 15.2. The van der Waals surface area contributed by atoms with Gasteiger partial charge in [-0.1, -0.05) is 71.6 Å². The molecule has 2 aromatic heterocycles. The molecule has 37 heavy (non-hydrogen) atoms. The van der Waals surface area contributed by atoms with Crippen molar-refractivity contribution in [3.63, 3.8) is 0 Å². The minimum Gasteiger partial charge on any atom is -0.444 e. The molecule has 0 aliphatic carbocycles. The summed E-state index contributed by atoms with van der Waals surface area (Å²) >= 11 is 2.67. The molecule has 0 radical (unpaired) electrons. The van der Waals surface area contributed by atoms with Crippen LogP contribution in [0.15, 0.2) is 52.9 Å². The van der Waals surface area contributed by atoms with Gasteiger partial charge in [-0.25, -0.2) is 4.79 Å². The molecule has 11 heteroatoms. The molecule has 0 spiro atoms. The number of carbonyl (C=O) groups is 2. The number of amides is 2. The molecular weight excluding hydrogens is 508 g/mol. The van der Waals surface area contributed by atoms with Gasteiger partial charge in [0, 0.05) is 12.1 Å². The van der Waals surface area contributed by atoms with Crippen molar-refractivity contribution < 1.29 is 14.3 Å². The highest BCUT2D eigenvalue weighted by Gasteiger charge is 2.26. The van der Waals surface area contributed by atoms with Crippen molar-refractivity contribution in [3.05, 3.63) is 71.0 Å². The molecule has 2 aromatic carbocycles. The van der Waals surface area contributed by atoms with E-state index in [1.807, 2.05) is 83.1 Å². The van der Waals surface area contributed by atoms with Crippen molar-refractivity contribution in [3.8, 4) is 0 Å². The Morgan fingerprint density at radius 2 is 1.76 bits per heavy atom. The molecular formula is C26H30N6O3S2. The first-order chi connectivity index (χ1) is 17.6. The predicted octanol–water partition coefficient (Wildman–Crippen LogP) is 5.34. The molecule has 0 fully saturated rings. The van der Waals surface area contributed by atoms with E-state index >= 15 is 0 Å². The number of ether oxygens (including phenoxy) is 1. The molecule has 9 nitrogen and oxygen atoms in total. The van der Waals surface area contributed by atoms with Crippen molar-refractivity contribution in [1.29, 1.82) is 0 Å². The molecule has 1 unspecified atom stereocenters. The summed E-state index contributed by atoms with van der Waals surface area (Å²) in [6.45, 7) is 9.38. The summed E-state index contributed by atoms with van der Waals surface area (Å²) in [5.74, 6) is 0.589. The van der Waals surface area contributed by atoms with Crippen LogP contribution in [-0.2, 0) is 16.0 Å². The van der Waals surface area contributed by atoms with E-state index in [0.29, 0.717) is 21.5 Å². The minimum absolute atomic E-state index is 0.109. The highest BCUT2D eigenvalue weighted by Crippen LogP contribution is 2.28. The van der Waals surface area contributed by atoms with E-state index in [0.717, 1.165) is 22.4 Å². The van der Waals surface area contributed by atoms with Crippen molar-refractivity contribution >= 4 is 45.7 Å². The molecule has 0 aliphatic rings. The van der Waals surface area contributed by atoms with E-state index in [2.05, 4.69) is 25.9 Å². The highest BCUT2D eigenvalue weighted by atomic mass is 32.2. The van der Waals surface area contributed by atoms with Crippen molar-refractivity contribution in [1.82, 2.24) is 25.1 Å². The summed E-state index contributed by atoms with van der Waals surface area (Å²) in [5, 5.41) is 19.1. The zero-order valence-electron chi connectivity index (χ0n) is 21.4. The fraction of sp³-hybridized carbons (Fsp3) is 0.346. The van der Waals surface area contributed by atoms with Gasteiger partial charge in [0.1, 0.15) is 5.60 Å². The van der Waals surface area contributed by atoms with Gasteiger partial charge in [-0.2, -0.15) is 4.52 Å². The first-order valence-corrected chi connectivity index (χ1v) is 13.6. The van der Waals surface area contributed by atoms with Crippen LogP contribution in [0.25, 0.3) is 4.96 Å². The Morgan fingerprint density at radius 3 is 2.43 bits per heavy atom. The Kier molecular flexibility index (Phi) is 8.13. The number of alkyl carbamates (subject to hydrolysis) is 1. The molecule has 4 rings (SSSR count). The van der Waals surface area contributed by atoms with Crippen molar-refractivity contribution in [2.75, 3.05) is 11.1 Å². The van der Waals surface area contributed by atoms with Gasteiger partial charge in [0.05, 0.1) is 11.8 Å². The van der Waals surface area contributed by atoms with Crippen LogP contribution in [0.2, 0.25) is 0 Å². The predicted molar refractivity (Wildman–Crippen MR) is 146 cm³/mol. The van der Waals surface area contributed by atoms with Crippen LogP contribution in [-0.4, -0.2) is 43.2 Å². The standard InChI is InChI=1S/C26H30N6O3S2/c1-16-10-9-11-17(2)21(16)28-20(33)15-36-25-31-32-22(29-30-23(32)37-25)19(14-18-12-7-6-8-13-18)27-24(34)35-26(3,4)5/h6-13,19H,14-15H2,1-5H3,(H,27,34)(H,28,33). The lowest BCUT2D eigenvalue weighted by atomic mass is 10.1. The number of para-hydroxylation sites is 1. The third kappa shape index (κ3) is 7.07. The third-order valence-corrected chi connectivity index (χ3v) is 7.39. The Morgan fingerprint density at radius 1 is 1.05 bits per heavy atom. The fourth-order valence-electron chi connectivity index (χ4n) is 3.71. The van der Waals surface area contributed by atoms with Gasteiger partial charge in [-0.3, -0.25) is 4.79 Å². The molecule has 0 aliphatic heterocycles. The number of fused-ring (bicyclic) bond motifs is 1. The molecule has 0 saturated heterocycles. The minimum atomic E-state index is -0.636. The molecule has 194 valence electrons. The second-order valence-electron chi connectivity index (χ2n) is 9.61. The van der Waals surface area contributed by atoms with E-state index in [9.17, 15) is 9.59 Å². The Labute approximate surface area is 224 Å². The number of rotatable bonds is 8. The van der Waals surface area contributed by atoms with E-state index in [1.54, 1.807) is 4.52 Å². The van der Waals surface area contributed by atoms with Crippen LogP contribution in [0.3, 0.4) is 0 Å². The first-order valence-electron chi connectivity index (χ1n) is 11.8. The number of hydrogen-bond donors (Lipinski definition) is 2. The quantitative estimate of drug-likeness (QED) is 0.291. The molecule has 4 aromatic rings. The summed E-state index contributed by atoms with van der Waals surface area (Å²) < 4.78 is 7.78. The Hall–Kier alpha value is -3.44. The number of nitrogens with one attached hydrogen (secondary N) is 2. The van der Waals surface area contributed by atoms with Crippen LogP contribution < -0.4 is 10.6 Å². The lowest BCUT2D eigenvalue weighted by Gasteiger charge is -2.22. The van der Waals surface area contributed by atoms with E-state index in [-0.39, 0.29) is 11.7 Å². The number of aryl methyl sites for hydroxylation is 2. The van der Waals surface area contributed by atoms with Gasteiger partial charge in [0.2, 0.25) is 10.9 Å². The van der Waals surface area contributed by atoms with Crippen LogP contribution in [0.4, 0.5) is 10.5 Å². The van der Waals surface area contributed by atoms with Gasteiger partial charge in [-0.05, 0) is 51.3 Å². The number of thioether (sulfide) groups is 1. The van der Waals surface area contributed by atoms with E-state index in [1.165, 1.54) is 23.1 Å². The lowest BCUT2D eigenvalue weighted by molar-refractivity contribution is -0.113. The first kappa shape index (κ1) is 26.6. The zero-order chi connectivity index (χ0) is 26.6. The number of aromatic nitrogens is 4. The maximum absolute atomic E-state index is 12.6. The summed E-state index contributed by atoms with van der Waals surface area (Å²) in [7, 11) is 0. The maximum atomic E-state index is 12.6. The summed E-state index contributed by atoms with van der Waals surface area (Å²) in [4.78, 5) is 25.8. The summed E-state index contributed by atoms with van der Waals surface area (Å²) in [5.41, 5.74) is 3.26. The third-order valence-electron chi connectivity index (χ3n) is 5.35. The van der Waals surface area contributed by atoms with Gasteiger partial charge in [0.25, 0.3) is 0 Å². The molecule has 2 amide bonds. The van der Waals surface area contributed by atoms with E-state index < -0.39 is 17.7 Å². The topological polar surface area (TPSA) is 111 Å². The van der Waals surface area contributed by atoms with Crippen LogP contribution >= 0.6 is 23.1 Å². The molecule has 0 bridgehead atoms. The number of anilines is 1. The normalized spacial score (nSPS) is 12.4. The number of nitrogens with zero attached hydrogens (tertiary/aromatic N) is 4. The fourth-order valence-corrected chi connectivity index (χ4v) is 5.39. The van der Waals surface area contributed by atoms with Crippen molar-refractivity contribution in [2.45, 2.75) is 57.0 Å². The smallest absolute Gasteiger partial charge is 0.408 e. The van der Waals surface area contributed by atoms with Gasteiger partial charge in [-0.15, -0.1) is 15.3 Å². The average Bonchev–Trinajstić information content (AvgIpc) is 3.40. The van der Waals surface area contributed by atoms with Gasteiger partial charge in [0.15, 0.2) is 10.2 Å². The van der Waals surface area contributed by atoms with Crippen LogP contribution in [0, 0.1) is 13.8 Å². The molecule has 1 atom stereocenters. The SMILES string of the molecule is Cc1cccc(C)c1NC(=O)CSc1nn2c(C(Cc3ccccc3)NC(=O)OC(C)(C)C)nnc2s1. The molecule has 2 heterocycles. The largest absolute Gasteiger partial charge is 0.444 e. The Bertz CT molecular complexity index is 1370. The molecule has 0 saturated carbocycles. The number of benzene rings is 2. The van der Waals surface area contributed by atoms with Gasteiger partial charge < -0.3 is 15.4 Å². The number of carbonyl (C=O) groups excluding carboxylic acids is 2. The van der Waals surface area contributed by atoms with Gasteiger partial charge >= 0.3 is 6.09 Å². The lowest BCUT2D eigenvalue weighted by Crippen LogP contribution is -2.36. The second kappa shape index (κ2) is 11.3. The van der Waals surface area contributed by atoms with Crippen molar-refractivity contribution in [2.24, 2.45) is 0 Å².